The molecule has 0 aliphatic carbocycles. The van der Waals surface area contributed by atoms with E-state index in [0.717, 1.165) is 10.3 Å². The first-order chi connectivity index (χ1) is 9.40. The second kappa shape index (κ2) is 5.24. The monoisotopic (exact) mass is 273 g/mol. The van der Waals surface area contributed by atoms with Gasteiger partial charge in [-0.2, -0.15) is 0 Å². The summed E-state index contributed by atoms with van der Waals surface area (Å²) in [6, 6.07) is 5.49. The molecule has 0 aromatic carbocycles. The second-order valence-corrected chi connectivity index (χ2v) is 4.64. The van der Waals surface area contributed by atoms with Crippen molar-refractivity contribution < 1.29 is 4.79 Å². The van der Waals surface area contributed by atoms with Gasteiger partial charge in [-0.25, -0.2) is 4.79 Å². The zero-order valence-corrected chi connectivity index (χ0v) is 11.6. The molecule has 104 valence electrons. The smallest absolute Gasteiger partial charge is 0.294 e. The molecule has 2 aromatic rings. The third-order valence-electron chi connectivity index (χ3n) is 3.01. The lowest BCUT2D eigenvalue weighted by Crippen LogP contribution is -2.40. The maximum Gasteiger partial charge on any atom is 0.331 e. The highest BCUT2D eigenvalue weighted by Crippen LogP contribution is 2.00. The van der Waals surface area contributed by atoms with Gasteiger partial charge in [0.2, 0.25) is 0 Å². The number of nitrogens with zero attached hydrogens (tertiary/aromatic N) is 3. The minimum absolute atomic E-state index is 0.000229. The summed E-state index contributed by atoms with van der Waals surface area (Å²) in [7, 11) is 1.36. The van der Waals surface area contributed by atoms with Crippen molar-refractivity contribution in [3.63, 3.8) is 0 Å². The average Bonchev–Trinajstić information content (AvgIpc) is 2.39. The van der Waals surface area contributed by atoms with Crippen LogP contribution < -0.4 is 11.2 Å². The van der Waals surface area contributed by atoms with Gasteiger partial charge in [-0.05, 0) is 26.0 Å². The minimum Gasteiger partial charge on any atom is -0.294 e. The van der Waals surface area contributed by atoms with Crippen LogP contribution >= 0.6 is 0 Å². The van der Waals surface area contributed by atoms with Crippen LogP contribution in [0.5, 0.6) is 0 Å². The molecule has 0 N–H and O–H groups in total. The normalized spacial score (nSPS) is 10.6. The number of aryl methyl sites for hydroxylation is 1. The van der Waals surface area contributed by atoms with Gasteiger partial charge in [-0.3, -0.25) is 23.7 Å². The molecule has 2 aromatic heterocycles. The number of rotatable bonds is 3. The first-order valence-corrected chi connectivity index (χ1v) is 6.14. The van der Waals surface area contributed by atoms with Crippen LogP contribution in [0.3, 0.4) is 0 Å². The molecular formula is C14H15N3O3. The first-order valence-electron chi connectivity index (χ1n) is 6.14. The molecule has 2 rings (SSSR count). The Balaban J connectivity index is 2.55. The third kappa shape index (κ3) is 2.59. The summed E-state index contributed by atoms with van der Waals surface area (Å²) in [6.07, 6.45) is 1.30. The molecule has 0 atom stereocenters. The van der Waals surface area contributed by atoms with Gasteiger partial charge in [0.15, 0.2) is 5.78 Å². The fourth-order valence-corrected chi connectivity index (χ4v) is 1.94. The SMILES string of the molecule is CC(=O)c1cn(Cc2cccc(C)n2)c(=O)n(C)c1=O. The van der Waals surface area contributed by atoms with Crippen LogP contribution in [-0.2, 0) is 13.6 Å². The predicted octanol–water partition coefficient (Wildman–Crippen LogP) is 0.501. The van der Waals surface area contributed by atoms with Crippen molar-refractivity contribution in [2.24, 2.45) is 7.05 Å². The Kier molecular flexibility index (Phi) is 3.65. The van der Waals surface area contributed by atoms with Gasteiger partial charge >= 0.3 is 5.69 Å². The van der Waals surface area contributed by atoms with Gasteiger partial charge < -0.3 is 0 Å². The molecule has 0 aliphatic heterocycles. The molecule has 6 heteroatoms. The van der Waals surface area contributed by atoms with Crippen LogP contribution in [0.1, 0.15) is 28.7 Å². The summed E-state index contributed by atoms with van der Waals surface area (Å²) in [5.41, 5.74) is 0.492. The van der Waals surface area contributed by atoms with E-state index in [1.807, 2.05) is 19.1 Å². The van der Waals surface area contributed by atoms with Crippen LogP contribution in [0.25, 0.3) is 0 Å². The third-order valence-corrected chi connectivity index (χ3v) is 3.01. The molecule has 20 heavy (non-hydrogen) atoms. The van der Waals surface area contributed by atoms with Crippen molar-refractivity contribution in [2.45, 2.75) is 20.4 Å². The highest BCUT2D eigenvalue weighted by atomic mass is 16.2. The average molecular weight is 273 g/mol. The number of carbonyl (C=O) groups is 1. The van der Waals surface area contributed by atoms with E-state index in [1.165, 1.54) is 24.7 Å². The van der Waals surface area contributed by atoms with Gasteiger partial charge in [0.1, 0.15) is 0 Å². The molecular weight excluding hydrogens is 258 g/mol. The lowest BCUT2D eigenvalue weighted by atomic mass is 10.2. The summed E-state index contributed by atoms with van der Waals surface area (Å²) in [6.45, 7) is 3.37. The standard InChI is InChI=1S/C14H15N3O3/c1-9-5-4-6-11(15-9)7-17-8-12(10(2)18)13(19)16(3)14(17)20/h4-6,8H,7H2,1-3H3. The number of hydrogen-bond donors (Lipinski definition) is 0. The lowest BCUT2D eigenvalue weighted by molar-refractivity contribution is 0.101. The molecule has 0 saturated heterocycles. The molecule has 0 saturated carbocycles. The second-order valence-electron chi connectivity index (χ2n) is 4.64. The van der Waals surface area contributed by atoms with Crippen molar-refractivity contribution in [1.29, 1.82) is 0 Å². The minimum atomic E-state index is -0.573. The molecule has 0 radical (unpaired) electrons. The lowest BCUT2D eigenvalue weighted by Gasteiger charge is -2.09. The summed E-state index contributed by atoms with van der Waals surface area (Å²) in [4.78, 5) is 39.6. The topological polar surface area (TPSA) is 74.0 Å². The summed E-state index contributed by atoms with van der Waals surface area (Å²) < 4.78 is 2.26. The van der Waals surface area contributed by atoms with E-state index >= 15 is 0 Å². The van der Waals surface area contributed by atoms with Gasteiger partial charge in [-0.1, -0.05) is 6.07 Å². The number of carbonyl (C=O) groups excluding carboxylic acids is 1. The van der Waals surface area contributed by atoms with E-state index in [4.69, 9.17) is 0 Å². The van der Waals surface area contributed by atoms with Crippen LogP contribution in [0, 0.1) is 6.92 Å². The number of ketones is 1. The maximum atomic E-state index is 12.0. The Morgan fingerprint density at radius 1 is 1.30 bits per heavy atom. The van der Waals surface area contributed by atoms with E-state index in [2.05, 4.69) is 4.98 Å². The molecule has 0 amide bonds. The maximum absolute atomic E-state index is 12.0. The quantitative estimate of drug-likeness (QED) is 0.763. The summed E-state index contributed by atoms with van der Waals surface area (Å²) >= 11 is 0. The van der Waals surface area contributed by atoms with E-state index in [9.17, 15) is 14.4 Å². The fraction of sp³-hybridized carbons (Fsp3) is 0.286. The molecule has 6 nitrogen and oxygen atoms in total. The van der Waals surface area contributed by atoms with E-state index in [-0.39, 0.29) is 17.9 Å². The highest BCUT2D eigenvalue weighted by Gasteiger charge is 2.12. The van der Waals surface area contributed by atoms with E-state index in [1.54, 1.807) is 6.07 Å². The van der Waals surface area contributed by atoms with Crippen LogP contribution in [0.15, 0.2) is 34.0 Å². The molecule has 0 spiro atoms. The molecule has 0 aliphatic rings. The molecule has 2 heterocycles. The van der Waals surface area contributed by atoms with Gasteiger partial charge in [0.25, 0.3) is 5.56 Å². The van der Waals surface area contributed by atoms with Crippen molar-refractivity contribution in [1.82, 2.24) is 14.1 Å². The van der Waals surface area contributed by atoms with Crippen molar-refractivity contribution in [3.8, 4) is 0 Å². The van der Waals surface area contributed by atoms with Crippen LogP contribution in [-0.4, -0.2) is 19.9 Å². The van der Waals surface area contributed by atoms with Gasteiger partial charge in [0, 0.05) is 18.9 Å². The highest BCUT2D eigenvalue weighted by molar-refractivity contribution is 5.93. The Bertz CT molecular complexity index is 787. The van der Waals surface area contributed by atoms with Crippen LogP contribution in [0.4, 0.5) is 0 Å². The Morgan fingerprint density at radius 3 is 2.60 bits per heavy atom. The molecule has 0 fully saturated rings. The van der Waals surface area contributed by atoms with Gasteiger partial charge in [-0.15, -0.1) is 0 Å². The zero-order chi connectivity index (χ0) is 14.9. The number of pyridine rings is 1. The largest absolute Gasteiger partial charge is 0.331 e. The molecule has 0 bridgehead atoms. The predicted molar refractivity (Wildman–Crippen MR) is 74.0 cm³/mol. The Labute approximate surface area is 115 Å². The van der Waals surface area contributed by atoms with Crippen molar-refractivity contribution >= 4 is 5.78 Å². The van der Waals surface area contributed by atoms with Crippen molar-refractivity contribution in [3.05, 3.63) is 62.2 Å². The Hall–Kier alpha value is -2.50. The van der Waals surface area contributed by atoms with Gasteiger partial charge in [0.05, 0.1) is 17.8 Å². The number of Topliss-reactive ketones (excluding diaryl/α,β-unsaturated/α-hetero) is 1. The Morgan fingerprint density at radius 2 is 2.00 bits per heavy atom. The fourth-order valence-electron chi connectivity index (χ4n) is 1.94. The van der Waals surface area contributed by atoms with E-state index in [0.29, 0.717) is 5.69 Å². The van der Waals surface area contributed by atoms with Crippen molar-refractivity contribution in [2.75, 3.05) is 0 Å². The summed E-state index contributed by atoms with van der Waals surface area (Å²) in [5, 5.41) is 0. The molecule has 0 unspecified atom stereocenters. The summed E-state index contributed by atoms with van der Waals surface area (Å²) in [5.74, 6) is -0.364. The van der Waals surface area contributed by atoms with E-state index < -0.39 is 11.2 Å². The number of aromatic nitrogens is 3. The first kappa shape index (κ1) is 13.9. The zero-order valence-electron chi connectivity index (χ0n) is 11.6. The van der Waals surface area contributed by atoms with Crippen LogP contribution in [0.2, 0.25) is 0 Å². The number of hydrogen-bond acceptors (Lipinski definition) is 4.